The summed E-state index contributed by atoms with van der Waals surface area (Å²) < 4.78 is 20.9. The molecule has 3 atom stereocenters. The molecule has 4 aliphatic carbocycles. The van der Waals surface area contributed by atoms with E-state index >= 15 is 4.39 Å². The van der Waals surface area contributed by atoms with Gasteiger partial charge in [-0.2, -0.15) is 0 Å². The number of benzene rings is 1. The number of carbonyl (C=O) groups is 3. The van der Waals surface area contributed by atoms with Crippen LogP contribution in [0.3, 0.4) is 0 Å². The molecule has 10 heteroatoms. The third-order valence-corrected chi connectivity index (χ3v) is 11.8. The van der Waals surface area contributed by atoms with Crippen molar-refractivity contribution in [1.29, 1.82) is 0 Å². The number of hydrogen-bond acceptors (Lipinski definition) is 6. The van der Waals surface area contributed by atoms with Gasteiger partial charge < -0.3 is 25.6 Å². The number of rotatable bonds is 9. The fourth-order valence-corrected chi connectivity index (χ4v) is 8.21. The molecule has 1 aromatic rings. The largest absolute Gasteiger partial charge is 0.380 e. The van der Waals surface area contributed by atoms with E-state index in [0.29, 0.717) is 50.1 Å². The van der Waals surface area contributed by atoms with Crippen LogP contribution in [0.25, 0.3) is 0 Å². The first kappa shape index (κ1) is 29.2. The lowest BCUT2D eigenvalue weighted by molar-refractivity contribution is -0.146. The number of amides is 3. The summed E-state index contributed by atoms with van der Waals surface area (Å²) in [4.78, 5) is 44.9. The van der Waals surface area contributed by atoms with Crippen LogP contribution in [0.5, 0.6) is 0 Å². The second-order valence-electron chi connectivity index (χ2n) is 14.5. The molecular formula is C33H46FN5O4. The van der Waals surface area contributed by atoms with Crippen LogP contribution in [-0.2, 0) is 24.5 Å². The van der Waals surface area contributed by atoms with Crippen LogP contribution in [0.15, 0.2) is 18.2 Å². The van der Waals surface area contributed by atoms with Gasteiger partial charge in [-0.05, 0) is 101 Å². The fourth-order valence-electron chi connectivity index (χ4n) is 8.21. The fraction of sp³-hybridized carbons (Fsp3) is 0.727. The Morgan fingerprint density at radius 2 is 1.81 bits per heavy atom. The molecule has 4 saturated carbocycles. The Labute approximate surface area is 253 Å². The minimum Gasteiger partial charge on any atom is -0.380 e. The van der Waals surface area contributed by atoms with E-state index in [9.17, 15) is 14.4 Å². The van der Waals surface area contributed by atoms with E-state index in [0.717, 1.165) is 38.6 Å². The van der Waals surface area contributed by atoms with E-state index in [1.54, 1.807) is 13.1 Å². The zero-order chi connectivity index (χ0) is 30.0. The van der Waals surface area contributed by atoms with Gasteiger partial charge in [-0.1, -0.05) is 12.5 Å². The molecule has 2 spiro atoms. The third-order valence-electron chi connectivity index (χ3n) is 11.8. The van der Waals surface area contributed by atoms with Gasteiger partial charge in [0.25, 0.3) is 0 Å². The summed E-state index contributed by atoms with van der Waals surface area (Å²) in [5.41, 5.74) is 0.650. The second-order valence-corrected chi connectivity index (χ2v) is 14.5. The van der Waals surface area contributed by atoms with Crippen LogP contribution in [0.4, 0.5) is 10.1 Å². The standard InChI is InChI=1S/C33H46FN5O4/c1-35-26(21-4-3-7-31(17-21)8-9-31)29(41)36-25-6-5-23(16-24(25)34)33(12-13-33)27(37-28(40)22-18-43-19-22)30(42)39-15-14-38(2)32(20-39)10-11-32/h5-6,16,21-22,26-27,35H,3-4,7-15,17-20H2,1-2H3,(H,36,41)(H,37,40). The van der Waals surface area contributed by atoms with Crippen molar-refractivity contribution >= 4 is 23.4 Å². The average molecular weight is 596 g/mol. The molecule has 2 heterocycles. The Hall–Kier alpha value is -2.56. The molecule has 0 bridgehead atoms. The predicted molar refractivity (Wildman–Crippen MR) is 160 cm³/mol. The van der Waals surface area contributed by atoms with E-state index < -0.39 is 17.3 Å². The lowest BCUT2D eigenvalue weighted by Crippen LogP contribution is -2.62. The van der Waals surface area contributed by atoms with Gasteiger partial charge in [0.15, 0.2) is 0 Å². The summed E-state index contributed by atoms with van der Waals surface area (Å²) in [6.07, 6.45) is 10.5. The second kappa shape index (κ2) is 10.8. The van der Waals surface area contributed by atoms with E-state index in [2.05, 4.69) is 27.9 Å². The Balaban J connectivity index is 1.09. The number of halogens is 1. The van der Waals surface area contributed by atoms with Gasteiger partial charge >= 0.3 is 0 Å². The van der Waals surface area contributed by atoms with Crippen LogP contribution < -0.4 is 16.0 Å². The molecule has 3 N–H and O–H groups in total. The molecular weight excluding hydrogens is 549 g/mol. The molecule has 6 aliphatic rings. The quantitative estimate of drug-likeness (QED) is 0.406. The van der Waals surface area contributed by atoms with Gasteiger partial charge in [0, 0.05) is 30.6 Å². The highest BCUT2D eigenvalue weighted by Gasteiger charge is 2.58. The number of anilines is 1. The predicted octanol–water partition coefficient (Wildman–Crippen LogP) is 2.79. The monoisotopic (exact) mass is 595 g/mol. The molecule has 2 saturated heterocycles. The van der Waals surface area contributed by atoms with Gasteiger partial charge in [0.2, 0.25) is 17.7 Å². The maximum atomic E-state index is 15.7. The Kier molecular flexibility index (Phi) is 7.33. The first-order valence-corrected chi connectivity index (χ1v) is 16.3. The van der Waals surface area contributed by atoms with Crippen LogP contribution in [0.2, 0.25) is 0 Å². The molecule has 234 valence electrons. The normalized spacial score (nSPS) is 28.1. The van der Waals surface area contributed by atoms with E-state index in [-0.39, 0.29) is 46.8 Å². The maximum Gasteiger partial charge on any atom is 0.246 e. The van der Waals surface area contributed by atoms with Crippen molar-refractivity contribution in [2.24, 2.45) is 17.3 Å². The Bertz CT molecular complexity index is 1290. The lowest BCUT2D eigenvalue weighted by Gasteiger charge is -2.42. The van der Waals surface area contributed by atoms with E-state index in [1.807, 2.05) is 11.0 Å². The van der Waals surface area contributed by atoms with Crippen molar-refractivity contribution in [3.63, 3.8) is 0 Å². The topological polar surface area (TPSA) is 103 Å². The van der Waals surface area contributed by atoms with Crippen LogP contribution in [0.1, 0.15) is 69.8 Å². The smallest absolute Gasteiger partial charge is 0.246 e. The first-order chi connectivity index (χ1) is 20.7. The molecule has 9 nitrogen and oxygen atoms in total. The summed E-state index contributed by atoms with van der Waals surface area (Å²) in [6.45, 7) is 2.78. The number of nitrogens with one attached hydrogen (secondary N) is 3. The number of carbonyl (C=O) groups excluding carboxylic acids is 3. The van der Waals surface area contributed by atoms with Crippen LogP contribution in [-0.4, -0.2) is 92.1 Å². The van der Waals surface area contributed by atoms with Crippen LogP contribution >= 0.6 is 0 Å². The lowest BCUT2D eigenvalue weighted by atomic mass is 9.75. The van der Waals surface area contributed by atoms with Gasteiger partial charge in [-0.3, -0.25) is 19.3 Å². The van der Waals surface area contributed by atoms with Crippen molar-refractivity contribution in [3.8, 4) is 0 Å². The summed E-state index contributed by atoms with van der Waals surface area (Å²) in [5.74, 6) is -0.993. The average Bonchev–Trinajstić information content (AvgIpc) is 3.85. The van der Waals surface area contributed by atoms with E-state index in [1.165, 1.54) is 25.3 Å². The number of piperazine rings is 1. The van der Waals surface area contributed by atoms with Gasteiger partial charge in [-0.15, -0.1) is 0 Å². The summed E-state index contributed by atoms with van der Waals surface area (Å²) in [5, 5.41) is 9.14. The minimum atomic E-state index is -0.769. The summed E-state index contributed by atoms with van der Waals surface area (Å²) in [7, 11) is 3.93. The summed E-state index contributed by atoms with van der Waals surface area (Å²) in [6, 6.07) is 3.77. The number of ether oxygens (including phenoxy) is 1. The number of hydrogen-bond donors (Lipinski definition) is 3. The molecule has 7 rings (SSSR count). The zero-order valence-electron chi connectivity index (χ0n) is 25.6. The van der Waals surface area contributed by atoms with Crippen molar-refractivity contribution in [2.45, 2.75) is 87.2 Å². The van der Waals surface area contributed by atoms with Gasteiger partial charge in [0.05, 0.1) is 30.9 Å². The third kappa shape index (κ3) is 5.37. The number of likely N-dealkylation sites (N-methyl/N-ethyl adjacent to an activating group) is 2. The van der Waals surface area contributed by atoms with Crippen molar-refractivity contribution in [1.82, 2.24) is 20.4 Å². The highest BCUT2D eigenvalue weighted by Crippen LogP contribution is 2.58. The number of nitrogens with zero attached hydrogens (tertiary/aromatic N) is 2. The molecule has 43 heavy (non-hydrogen) atoms. The molecule has 6 fully saturated rings. The highest BCUT2D eigenvalue weighted by molar-refractivity contribution is 5.95. The maximum absolute atomic E-state index is 15.7. The molecule has 0 aromatic heterocycles. The van der Waals surface area contributed by atoms with Crippen molar-refractivity contribution in [3.05, 3.63) is 29.6 Å². The first-order valence-electron chi connectivity index (χ1n) is 16.3. The molecule has 2 aliphatic heterocycles. The van der Waals surface area contributed by atoms with Gasteiger partial charge in [0.1, 0.15) is 11.9 Å². The van der Waals surface area contributed by atoms with Crippen molar-refractivity contribution in [2.75, 3.05) is 52.3 Å². The molecule has 1 aromatic carbocycles. The molecule has 3 unspecified atom stereocenters. The Morgan fingerprint density at radius 1 is 1.05 bits per heavy atom. The minimum absolute atomic E-state index is 0.0506. The molecule has 0 radical (unpaired) electrons. The van der Waals surface area contributed by atoms with Crippen LogP contribution in [0, 0.1) is 23.1 Å². The van der Waals surface area contributed by atoms with Gasteiger partial charge in [-0.25, -0.2) is 4.39 Å². The summed E-state index contributed by atoms with van der Waals surface area (Å²) >= 11 is 0. The van der Waals surface area contributed by atoms with Crippen molar-refractivity contribution < 1.29 is 23.5 Å². The SMILES string of the molecule is CNC(C(=O)Nc1ccc(C2(C(NC(=O)C3COC3)C(=O)N3CCN(C)C4(CC4)C3)CC2)cc1F)C1CCCC2(CC2)C1. The van der Waals surface area contributed by atoms with E-state index in [4.69, 9.17) is 4.74 Å². The Morgan fingerprint density at radius 3 is 2.42 bits per heavy atom. The highest BCUT2D eigenvalue weighted by atomic mass is 19.1. The zero-order valence-corrected chi connectivity index (χ0v) is 25.6. The molecule has 3 amide bonds.